The Balaban J connectivity index is 0.00000196. The largest absolute Gasteiger partial charge is 1.00 e. The Kier molecular flexibility index (Phi) is 10.3. The fraction of sp³-hybridized carbons (Fsp3) is 0.417. The number of hydrogen-bond donors (Lipinski definition) is 0. The maximum atomic E-state index is 10.7. The molecule has 1 atom stereocenters. The first kappa shape index (κ1) is 15.7. The minimum absolute atomic E-state index is 0. The van der Waals surface area contributed by atoms with E-state index in [1.54, 1.807) is 0 Å². The Labute approximate surface area is 141 Å². The minimum atomic E-state index is -0.169. The Hall–Kier alpha value is 0.655. The topological polar surface area (TPSA) is 31.2 Å². The molecule has 1 aromatic rings. The summed E-state index contributed by atoms with van der Waals surface area (Å²) in [6.45, 7) is 2.84. The van der Waals surface area contributed by atoms with Crippen LogP contribution in [0.15, 0.2) is 30.3 Å². The van der Waals surface area contributed by atoms with E-state index in [1.165, 1.54) is 5.56 Å². The predicted molar refractivity (Wildman–Crippen MR) is 58.5 cm³/mol. The van der Waals surface area contributed by atoms with Crippen molar-refractivity contribution in [3.63, 3.8) is 0 Å². The number of carbonyl (C=O) groups is 1. The van der Waals surface area contributed by atoms with E-state index in [0.29, 0.717) is 0 Å². The summed E-state index contributed by atoms with van der Waals surface area (Å²) < 4.78 is 0. The monoisotopic (exact) mass is 275 g/mol. The van der Waals surface area contributed by atoms with Gasteiger partial charge in [-0.3, -0.25) is 0 Å². The summed E-state index contributed by atoms with van der Waals surface area (Å²) in [4.78, 5) is 10.7. The maximum Gasteiger partial charge on any atom is 1.00 e. The van der Waals surface area contributed by atoms with Crippen molar-refractivity contribution in [3.05, 3.63) is 41.2 Å². The van der Waals surface area contributed by atoms with Crippen molar-refractivity contribution in [1.29, 1.82) is 0 Å². The van der Waals surface area contributed by atoms with Gasteiger partial charge in [0.05, 0.1) is 0 Å². The molecule has 0 fully saturated rings. The van der Waals surface area contributed by atoms with E-state index in [-0.39, 0.29) is 64.2 Å². The number of nitrogens with zero attached hydrogens (tertiary/aromatic N) is 1. The molecular formula is C12H16NORb. The zero-order valence-corrected chi connectivity index (χ0v) is 14.4. The van der Waals surface area contributed by atoms with Gasteiger partial charge in [-0.15, -0.1) is 6.54 Å². The van der Waals surface area contributed by atoms with Crippen molar-refractivity contribution < 1.29 is 63.0 Å². The fourth-order valence-electron chi connectivity index (χ4n) is 1.31. The van der Waals surface area contributed by atoms with Gasteiger partial charge in [-0.25, -0.2) is 0 Å². The van der Waals surface area contributed by atoms with Gasteiger partial charge in [-0.2, -0.15) is 0 Å². The molecule has 1 aromatic carbocycles. The fourth-order valence-corrected chi connectivity index (χ4v) is 1.31. The van der Waals surface area contributed by atoms with Crippen LogP contribution in [0.2, 0.25) is 0 Å². The second-order valence-corrected chi connectivity index (χ2v) is 3.30. The Morgan fingerprint density at radius 1 is 1.33 bits per heavy atom. The summed E-state index contributed by atoms with van der Waals surface area (Å²) >= 11 is 0. The van der Waals surface area contributed by atoms with Crippen LogP contribution in [0.25, 0.3) is 5.32 Å². The molecule has 0 aliphatic rings. The number of hydrogen-bond acceptors (Lipinski definition) is 1. The molecule has 0 heterocycles. The molecule has 1 rings (SSSR count). The summed E-state index contributed by atoms with van der Waals surface area (Å²) in [5.41, 5.74) is 1.17. The van der Waals surface area contributed by atoms with E-state index in [9.17, 15) is 4.79 Å². The van der Waals surface area contributed by atoms with Gasteiger partial charge in [0.15, 0.2) is 0 Å². The van der Waals surface area contributed by atoms with E-state index in [4.69, 9.17) is 0 Å². The van der Waals surface area contributed by atoms with Gasteiger partial charge in [0.25, 0.3) is 0 Å². The third kappa shape index (κ3) is 6.74. The molecule has 0 aliphatic heterocycles. The smallest absolute Gasteiger partial charge is 0.653 e. The minimum Gasteiger partial charge on any atom is -0.653 e. The third-order valence-corrected chi connectivity index (χ3v) is 2.03. The summed E-state index contributed by atoms with van der Waals surface area (Å²) in [6, 6.07) is 9.82. The molecule has 0 aromatic heterocycles. The van der Waals surface area contributed by atoms with E-state index < -0.39 is 0 Å². The Bertz CT molecular complexity index is 264. The second-order valence-electron chi connectivity index (χ2n) is 3.30. The van der Waals surface area contributed by atoms with Crippen molar-refractivity contribution in [3.8, 4) is 0 Å². The van der Waals surface area contributed by atoms with Crippen LogP contribution in [0, 0.1) is 0 Å². The summed E-state index contributed by atoms with van der Waals surface area (Å²) in [7, 11) is 0. The zero-order valence-electron chi connectivity index (χ0n) is 9.52. The van der Waals surface area contributed by atoms with Crippen LogP contribution in [-0.2, 0) is 11.2 Å². The number of rotatable bonds is 6. The first-order chi connectivity index (χ1) is 6.86. The molecule has 0 spiro atoms. The van der Waals surface area contributed by atoms with Crippen molar-refractivity contribution in [2.24, 2.45) is 0 Å². The van der Waals surface area contributed by atoms with Gasteiger partial charge in [0.2, 0.25) is 0 Å². The van der Waals surface area contributed by atoms with E-state index in [1.807, 2.05) is 30.3 Å². The van der Waals surface area contributed by atoms with Crippen molar-refractivity contribution >= 4 is 6.29 Å². The zero-order chi connectivity index (χ0) is 10.2. The molecule has 76 valence electrons. The molecule has 0 saturated carbocycles. The molecular weight excluding hydrogens is 260 g/mol. The van der Waals surface area contributed by atoms with Crippen LogP contribution >= 0.6 is 0 Å². The van der Waals surface area contributed by atoms with E-state index >= 15 is 0 Å². The van der Waals surface area contributed by atoms with Gasteiger partial charge < -0.3 is 10.1 Å². The SMILES string of the molecule is CCC[N-]C(C=O)Cc1ccccc1.[Rb+]. The molecule has 0 bridgehead atoms. The average molecular weight is 276 g/mol. The van der Waals surface area contributed by atoms with Crippen LogP contribution in [0.3, 0.4) is 0 Å². The summed E-state index contributed by atoms with van der Waals surface area (Å²) in [5, 5.41) is 4.29. The Morgan fingerprint density at radius 3 is 2.53 bits per heavy atom. The molecule has 3 heteroatoms. The maximum absolute atomic E-state index is 10.7. The standard InChI is InChI=1S/C12H16NO.Rb/c1-2-8-13-12(10-14)9-11-6-4-3-5-7-11;/h3-7,10,12H,2,8-9H2,1H3;/q-1;+1. The number of benzene rings is 1. The van der Waals surface area contributed by atoms with Crippen molar-refractivity contribution in [1.82, 2.24) is 0 Å². The van der Waals surface area contributed by atoms with E-state index in [2.05, 4.69) is 12.2 Å². The molecule has 0 aliphatic carbocycles. The molecule has 0 amide bonds. The van der Waals surface area contributed by atoms with Crippen molar-refractivity contribution in [2.45, 2.75) is 25.8 Å². The van der Waals surface area contributed by atoms with Crippen LogP contribution in [0.1, 0.15) is 18.9 Å². The first-order valence-electron chi connectivity index (χ1n) is 5.02. The number of aldehydes is 1. The molecule has 0 radical (unpaired) electrons. The van der Waals surface area contributed by atoms with Crippen LogP contribution in [-0.4, -0.2) is 18.9 Å². The van der Waals surface area contributed by atoms with Crippen LogP contribution < -0.4 is 58.2 Å². The molecule has 2 nitrogen and oxygen atoms in total. The van der Waals surface area contributed by atoms with Gasteiger partial charge >= 0.3 is 58.2 Å². The van der Waals surface area contributed by atoms with Gasteiger partial charge in [0.1, 0.15) is 6.29 Å². The Morgan fingerprint density at radius 2 is 2.00 bits per heavy atom. The second kappa shape index (κ2) is 9.85. The third-order valence-electron chi connectivity index (χ3n) is 2.03. The molecule has 15 heavy (non-hydrogen) atoms. The van der Waals surface area contributed by atoms with Crippen LogP contribution in [0.5, 0.6) is 0 Å². The normalized spacial score (nSPS) is 11.5. The average Bonchev–Trinajstić information content (AvgIpc) is 2.25. The van der Waals surface area contributed by atoms with Crippen LogP contribution in [0.4, 0.5) is 0 Å². The molecule has 0 N–H and O–H groups in total. The quantitative estimate of drug-likeness (QED) is 0.649. The number of carbonyl (C=O) groups excluding carboxylic acids is 1. The van der Waals surface area contributed by atoms with Gasteiger partial charge in [-0.1, -0.05) is 49.7 Å². The summed E-state index contributed by atoms with van der Waals surface area (Å²) in [6.07, 6.45) is 2.66. The van der Waals surface area contributed by atoms with Gasteiger partial charge in [-0.05, 0) is 12.0 Å². The van der Waals surface area contributed by atoms with Crippen molar-refractivity contribution in [2.75, 3.05) is 6.54 Å². The van der Waals surface area contributed by atoms with E-state index in [0.717, 1.165) is 25.7 Å². The van der Waals surface area contributed by atoms with Gasteiger partial charge in [0, 0.05) is 0 Å². The molecule has 0 saturated heterocycles. The summed E-state index contributed by atoms with van der Waals surface area (Å²) in [5.74, 6) is 0. The first-order valence-corrected chi connectivity index (χ1v) is 5.02. The predicted octanol–water partition coefficient (Wildman–Crippen LogP) is -0.416. The molecule has 1 unspecified atom stereocenters.